The molecule has 1 heteroatoms. The molecule has 0 aromatic heterocycles. The largest absolute Gasteiger partial charge is 0.350 e. The molecule has 0 fully saturated rings. The van der Waals surface area contributed by atoms with Gasteiger partial charge in [0.25, 0.3) is 0 Å². The first-order chi connectivity index (χ1) is 6.42. The predicted molar refractivity (Wildman–Crippen MR) is 56.2 cm³/mol. The van der Waals surface area contributed by atoms with Crippen molar-refractivity contribution in [2.24, 2.45) is 0 Å². The first kappa shape index (κ1) is 8.86. The Hall–Kier alpha value is -0.720. The minimum Gasteiger partial charge on any atom is -0.350 e. The summed E-state index contributed by atoms with van der Waals surface area (Å²) in [7, 11) is 0. The van der Waals surface area contributed by atoms with Crippen molar-refractivity contribution in [3.05, 3.63) is 23.5 Å². The smallest absolute Gasteiger partial charge is 0.0196 e. The molecule has 0 aromatic rings. The molecule has 72 valence electrons. The Morgan fingerprint density at radius 2 is 1.62 bits per heavy atom. The van der Waals surface area contributed by atoms with E-state index in [0.29, 0.717) is 0 Å². The van der Waals surface area contributed by atoms with Gasteiger partial charge < -0.3 is 4.90 Å². The first-order valence-electron chi connectivity index (χ1n) is 5.57. The Kier molecular flexibility index (Phi) is 2.72. The molecule has 0 unspecified atom stereocenters. The van der Waals surface area contributed by atoms with Crippen LogP contribution in [0.5, 0.6) is 0 Å². The molecule has 0 radical (unpaired) electrons. The maximum Gasteiger partial charge on any atom is 0.0196 e. The van der Waals surface area contributed by atoms with E-state index in [1.54, 1.807) is 11.4 Å². The lowest BCUT2D eigenvalue weighted by molar-refractivity contribution is 0.427. The van der Waals surface area contributed by atoms with Gasteiger partial charge in [-0.2, -0.15) is 0 Å². The van der Waals surface area contributed by atoms with Crippen molar-refractivity contribution in [1.82, 2.24) is 4.90 Å². The van der Waals surface area contributed by atoms with Crippen molar-refractivity contribution in [1.29, 1.82) is 0 Å². The monoisotopic (exact) mass is 177 g/mol. The fraction of sp³-hybridized carbons (Fsp3) is 0.667. The molecule has 2 rings (SSSR count). The van der Waals surface area contributed by atoms with Crippen LogP contribution in [0.2, 0.25) is 0 Å². The van der Waals surface area contributed by atoms with Gasteiger partial charge in [0.15, 0.2) is 0 Å². The maximum atomic E-state index is 2.53. The summed E-state index contributed by atoms with van der Waals surface area (Å²) in [5, 5.41) is 0. The van der Waals surface area contributed by atoms with Gasteiger partial charge >= 0.3 is 0 Å². The van der Waals surface area contributed by atoms with Crippen LogP contribution in [-0.2, 0) is 0 Å². The lowest BCUT2D eigenvalue weighted by Crippen LogP contribution is -2.20. The summed E-state index contributed by atoms with van der Waals surface area (Å²) in [6.45, 7) is 3.41. The molecule has 2 aliphatic rings. The van der Waals surface area contributed by atoms with Crippen LogP contribution in [0.25, 0.3) is 0 Å². The summed E-state index contributed by atoms with van der Waals surface area (Å²) >= 11 is 0. The lowest BCUT2D eigenvalue weighted by Gasteiger charge is -2.25. The van der Waals surface area contributed by atoms with Gasteiger partial charge in [0.05, 0.1) is 0 Å². The second-order valence-electron chi connectivity index (χ2n) is 3.92. The average molecular weight is 177 g/mol. The zero-order valence-corrected chi connectivity index (χ0v) is 8.55. The quantitative estimate of drug-likeness (QED) is 0.638. The molecule has 0 heterocycles. The predicted octanol–water partition coefficient (Wildman–Crippen LogP) is 3.44. The van der Waals surface area contributed by atoms with Crippen LogP contribution in [0.3, 0.4) is 0 Å². The van der Waals surface area contributed by atoms with E-state index in [9.17, 15) is 0 Å². The summed E-state index contributed by atoms with van der Waals surface area (Å²) < 4.78 is 0. The van der Waals surface area contributed by atoms with E-state index in [1.165, 1.54) is 38.5 Å². The zero-order chi connectivity index (χ0) is 9.10. The van der Waals surface area contributed by atoms with E-state index in [4.69, 9.17) is 0 Å². The second kappa shape index (κ2) is 3.99. The van der Waals surface area contributed by atoms with Gasteiger partial charge in [0.2, 0.25) is 0 Å². The number of rotatable bonds is 3. The summed E-state index contributed by atoms with van der Waals surface area (Å²) in [6, 6.07) is 0. The number of nitrogens with zero attached hydrogens (tertiary/aromatic N) is 1. The Labute approximate surface area is 81.1 Å². The Morgan fingerprint density at radius 3 is 1.92 bits per heavy atom. The molecular weight excluding hydrogens is 158 g/mol. The molecule has 0 aliphatic heterocycles. The van der Waals surface area contributed by atoms with Gasteiger partial charge in [-0.1, -0.05) is 12.2 Å². The van der Waals surface area contributed by atoms with Crippen LogP contribution in [0.1, 0.15) is 45.4 Å². The summed E-state index contributed by atoms with van der Waals surface area (Å²) in [5.41, 5.74) is 3.16. The molecule has 13 heavy (non-hydrogen) atoms. The Bertz CT molecular complexity index is 214. The molecule has 0 amide bonds. The molecule has 0 aromatic carbocycles. The molecule has 1 nitrogen and oxygen atoms in total. The van der Waals surface area contributed by atoms with Gasteiger partial charge in [0, 0.05) is 17.9 Å². The third-order valence-corrected chi connectivity index (χ3v) is 3.04. The first-order valence-corrected chi connectivity index (χ1v) is 5.57. The van der Waals surface area contributed by atoms with E-state index in [1.807, 2.05) is 0 Å². The minimum absolute atomic E-state index is 1.15. The Morgan fingerprint density at radius 1 is 1.08 bits per heavy atom. The normalized spacial score (nSPS) is 21.6. The van der Waals surface area contributed by atoms with Crippen molar-refractivity contribution in [2.75, 3.05) is 6.54 Å². The fourth-order valence-corrected chi connectivity index (χ4v) is 2.39. The van der Waals surface area contributed by atoms with Crippen LogP contribution in [0.4, 0.5) is 0 Å². The van der Waals surface area contributed by atoms with Gasteiger partial charge in [-0.3, -0.25) is 0 Å². The lowest BCUT2D eigenvalue weighted by atomic mass is 10.2. The van der Waals surface area contributed by atoms with Crippen LogP contribution in [-0.4, -0.2) is 11.4 Å². The highest BCUT2D eigenvalue weighted by Gasteiger charge is 2.17. The van der Waals surface area contributed by atoms with Crippen molar-refractivity contribution in [3.8, 4) is 0 Å². The highest BCUT2D eigenvalue weighted by atomic mass is 15.1. The van der Waals surface area contributed by atoms with E-state index in [2.05, 4.69) is 24.0 Å². The average Bonchev–Trinajstić information content (AvgIpc) is 2.76. The molecule has 0 saturated heterocycles. The minimum atomic E-state index is 1.15. The highest BCUT2D eigenvalue weighted by molar-refractivity contribution is 5.18. The van der Waals surface area contributed by atoms with E-state index in [0.717, 1.165) is 6.54 Å². The molecule has 0 spiro atoms. The molecule has 0 saturated carbocycles. The topological polar surface area (TPSA) is 3.24 Å². The van der Waals surface area contributed by atoms with Gasteiger partial charge in [-0.15, -0.1) is 0 Å². The van der Waals surface area contributed by atoms with E-state index in [-0.39, 0.29) is 0 Å². The van der Waals surface area contributed by atoms with Crippen LogP contribution in [0.15, 0.2) is 23.5 Å². The summed E-state index contributed by atoms with van der Waals surface area (Å²) in [4.78, 5) is 2.53. The fourth-order valence-electron chi connectivity index (χ4n) is 2.39. The number of hydrogen-bond acceptors (Lipinski definition) is 1. The van der Waals surface area contributed by atoms with Crippen LogP contribution < -0.4 is 0 Å². The summed E-state index contributed by atoms with van der Waals surface area (Å²) in [5.74, 6) is 0. The molecule has 0 bridgehead atoms. The van der Waals surface area contributed by atoms with Crippen molar-refractivity contribution in [3.63, 3.8) is 0 Å². The number of allylic oxidation sites excluding steroid dienone is 4. The van der Waals surface area contributed by atoms with E-state index < -0.39 is 0 Å². The Balaban J connectivity index is 2.07. The van der Waals surface area contributed by atoms with Crippen molar-refractivity contribution < 1.29 is 0 Å². The third-order valence-electron chi connectivity index (χ3n) is 3.04. The SMILES string of the molecule is CCN(C1=CCCC1)C1=CCCC1. The van der Waals surface area contributed by atoms with E-state index >= 15 is 0 Å². The third kappa shape index (κ3) is 1.79. The molecular formula is C12H19N. The summed E-state index contributed by atoms with van der Waals surface area (Å²) in [6.07, 6.45) is 12.7. The van der Waals surface area contributed by atoms with Gasteiger partial charge in [-0.05, 0) is 45.4 Å². The molecule has 2 aliphatic carbocycles. The van der Waals surface area contributed by atoms with Crippen LogP contribution >= 0.6 is 0 Å². The zero-order valence-electron chi connectivity index (χ0n) is 8.55. The standard InChI is InChI=1S/C12H19N/c1-2-13(11-7-3-4-8-11)12-9-5-6-10-12/h7,9H,2-6,8,10H2,1H3. The highest BCUT2D eigenvalue weighted by Crippen LogP contribution is 2.29. The molecule has 0 atom stereocenters. The van der Waals surface area contributed by atoms with Crippen molar-refractivity contribution >= 4 is 0 Å². The second-order valence-corrected chi connectivity index (χ2v) is 3.92. The number of hydrogen-bond donors (Lipinski definition) is 0. The molecule has 0 N–H and O–H groups in total. The van der Waals surface area contributed by atoms with Gasteiger partial charge in [0.1, 0.15) is 0 Å². The van der Waals surface area contributed by atoms with Crippen LogP contribution in [0, 0.1) is 0 Å². The van der Waals surface area contributed by atoms with Gasteiger partial charge in [-0.25, -0.2) is 0 Å². The van der Waals surface area contributed by atoms with Crippen molar-refractivity contribution in [2.45, 2.75) is 45.4 Å². The maximum absolute atomic E-state index is 2.53.